The van der Waals surface area contributed by atoms with Gasteiger partial charge in [0.1, 0.15) is 0 Å². The van der Waals surface area contributed by atoms with Crippen LogP contribution in [0.15, 0.2) is 12.4 Å². The number of hydrogen-bond donors (Lipinski definition) is 1. The van der Waals surface area contributed by atoms with Crippen LogP contribution in [0.4, 0.5) is 13.2 Å². The molecule has 0 saturated heterocycles. The van der Waals surface area contributed by atoms with E-state index >= 15 is 0 Å². The van der Waals surface area contributed by atoms with Crippen molar-refractivity contribution in [2.75, 3.05) is 0 Å². The molecule has 1 heterocycles. The lowest BCUT2D eigenvalue weighted by Crippen LogP contribution is -2.10. The van der Waals surface area contributed by atoms with Gasteiger partial charge < -0.3 is 5.11 Å². The van der Waals surface area contributed by atoms with Crippen molar-refractivity contribution < 1.29 is 23.1 Å². The number of rotatable bonds is 1. The summed E-state index contributed by atoms with van der Waals surface area (Å²) >= 11 is 0. The molecule has 0 bridgehead atoms. The molecule has 0 fully saturated rings. The van der Waals surface area contributed by atoms with Crippen LogP contribution in [-0.4, -0.2) is 21.0 Å². The second-order valence-corrected chi connectivity index (χ2v) is 2.10. The maximum Gasteiger partial charge on any atom is 0.419 e. The van der Waals surface area contributed by atoms with Crippen LogP contribution in [0.1, 0.15) is 16.2 Å². The molecule has 1 rings (SSSR count). The van der Waals surface area contributed by atoms with Crippen molar-refractivity contribution in [3.63, 3.8) is 0 Å². The minimum atomic E-state index is -4.54. The molecular formula is C6H3F3N2O2. The van der Waals surface area contributed by atoms with Gasteiger partial charge in [-0.2, -0.15) is 13.2 Å². The summed E-state index contributed by atoms with van der Waals surface area (Å²) in [7, 11) is 0. The van der Waals surface area contributed by atoms with Crippen molar-refractivity contribution in [2.45, 2.75) is 6.18 Å². The molecule has 0 aliphatic heterocycles. The van der Waals surface area contributed by atoms with Crippen LogP contribution in [-0.2, 0) is 6.18 Å². The molecule has 13 heavy (non-hydrogen) atoms. The van der Waals surface area contributed by atoms with Crippen molar-refractivity contribution >= 4 is 5.97 Å². The summed E-state index contributed by atoms with van der Waals surface area (Å²) in [4.78, 5) is 16.2. The topological polar surface area (TPSA) is 63.1 Å². The van der Waals surface area contributed by atoms with Gasteiger partial charge in [0.2, 0.25) is 5.82 Å². The first kappa shape index (κ1) is 9.43. The van der Waals surface area contributed by atoms with Gasteiger partial charge in [-0.25, -0.2) is 14.8 Å². The third-order valence-electron chi connectivity index (χ3n) is 1.17. The van der Waals surface area contributed by atoms with Crippen molar-refractivity contribution in [3.8, 4) is 0 Å². The second kappa shape index (κ2) is 3.00. The lowest BCUT2D eigenvalue weighted by atomic mass is 10.3. The molecule has 1 N–H and O–H groups in total. The smallest absolute Gasteiger partial charge is 0.419 e. The molecule has 0 aliphatic rings. The highest BCUT2D eigenvalue weighted by atomic mass is 19.4. The zero-order chi connectivity index (χ0) is 10.1. The van der Waals surface area contributed by atoms with Gasteiger partial charge >= 0.3 is 12.1 Å². The predicted molar refractivity (Wildman–Crippen MR) is 34.0 cm³/mol. The van der Waals surface area contributed by atoms with Crippen LogP contribution in [0.2, 0.25) is 0 Å². The van der Waals surface area contributed by atoms with Crippen molar-refractivity contribution in [1.29, 1.82) is 0 Å². The third-order valence-corrected chi connectivity index (χ3v) is 1.17. The third kappa shape index (κ3) is 2.14. The molecule has 0 aromatic carbocycles. The average Bonchev–Trinajstić information content (AvgIpc) is 2.03. The Bertz CT molecular complexity index is 320. The van der Waals surface area contributed by atoms with E-state index in [0.29, 0.717) is 12.4 Å². The van der Waals surface area contributed by atoms with E-state index in [9.17, 15) is 18.0 Å². The van der Waals surface area contributed by atoms with E-state index in [1.165, 1.54) is 0 Å². The van der Waals surface area contributed by atoms with Gasteiger partial charge in [-0.15, -0.1) is 0 Å². The standard InChI is InChI=1S/C6H3F3N2O2/c7-6(8,9)3-1-10-4(5(12)13)11-2-3/h1-2H,(H,12,13). The fraction of sp³-hybridized carbons (Fsp3) is 0.167. The average molecular weight is 192 g/mol. The zero-order valence-electron chi connectivity index (χ0n) is 6.04. The largest absolute Gasteiger partial charge is 0.475 e. The minimum Gasteiger partial charge on any atom is -0.475 e. The van der Waals surface area contributed by atoms with E-state index in [4.69, 9.17) is 5.11 Å². The predicted octanol–water partition coefficient (Wildman–Crippen LogP) is 1.19. The summed E-state index contributed by atoms with van der Waals surface area (Å²) in [6, 6.07) is 0. The van der Waals surface area contributed by atoms with E-state index in [1.54, 1.807) is 0 Å². The quantitative estimate of drug-likeness (QED) is 0.725. The molecule has 0 amide bonds. The van der Waals surface area contributed by atoms with Crippen molar-refractivity contribution in [1.82, 2.24) is 9.97 Å². The molecule has 0 aliphatic carbocycles. The first-order valence-corrected chi connectivity index (χ1v) is 3.04. The highest BCUT2D eigenvalue weighted by Crippen LogP contribution is 2.27. The highest BCUT2D eigenvalue weighted by molar-refractivity contribution is 5.82. The van der Waals surface area contributed by atoms with E-state index in [-0.39, 0.29) is 0 Å². The van der Waals surface area contributed by atoms with Crippen molar-refractivity contribution in [2.24, 2.45) is 0 Å². The Morgan fingerprint density at radius 1 is 1.31 bits per heavy atom. The Hall–Kier alpha value is -1.66. The summed E-state index contributed by atoms with van der Waals surface area (Å²) in [6.07, 6.45) is -3.69. The molecule has 0 unspecified atom stereocenters. The van der Waals surface area contributed by atoms with Crippen molar-refractivity contribution in [3.05, 3.63) is 23.8 Å². The number of nitrogens with zero attached hydrogens (tertiary/aromatic N) is 2. The normalized spacial score (nSPS) is 11.3. The molecule has 0 radical (unpaired) electrons. The number of aromatic carboxylic acids is 1. The van der Waals surface area contributed by atoms with Gasteiger partial charge in [0, 0.05) is 12.4 Å². The molecule has 0 spiro atoms. The first-order valence-electron chi connectivity index (χ1n) is 3.04. The van der Waals surface area contributed by atoms with Crippen LogP contribution in [0.3, 0.4) is 0 Å². The van der Waals surface area contributed by atoms with E-state index in [0.717, 1.165) is 0 Å². The Labute approximate surface area is 70.1 Å². The Morgan fingerprint density at radius 2 is 1.77 bits per heavy atom. The summed E-state index contributed by atoms with van der Waals surface area (Å²) < 4.78 is 35.7. The fourth-order valence-corrected chi connectivity index (χ4v) is 0.585. The van der Waals surface area contributed by atoms with E-state index in [2.05, 4.69) is 9.97 Å². The minimum absolute atomic E-state index is 0.427. The summed E-state index contributed by atoms with van der Waals surface area (Å²) in [6.45, 7) is 0. The lowest BCUT2D eigenvalue weighted by Gasteiger charge is -2.04. The van der Waals surface area contributed by atoms with Gasteiger partial charge in [-0.05, 0) is 0 Å². The van der Waals surface area contributed by atoms with E-state index in [1.807, 2.05) is 0 Å². The second-order valence-electron chi connectivity index (χ2n) is 2.10. The number of aromatic nitrogens is 2. The Morgan fingerprint density at radius 3 is 2.08 bits per heavy atom. The van der Waals surface area contributed by atoms with Crippen LogP contribution in [0.25, 0.3) is 0 Å². The molecule has 0 atom stereocenters. The van der Waals surface area contributed by atoms with Gasteiger partial charge in [0.25, 0.3) is 0 Å². The number of carboxylic acids is 1. The van der Waals surface area contributed by atoms with Gasteiger partial charge in [0.05, 0.1) is 5.56 Å². The summed E-state index contributed by atoms with van der Waals surface area (Å²) in [5.74, 6) is -2.12. The number of hydrogen-bond acceptors (Lipinski definition) is 3. The number of carboxylic acid groups (broad SMARTS) is 1. The van der Waals surface area contributed by atoms with E-state index < -0.39 is 23.5 Å². The monoisotopic (exact) mass is 192 g/mol. The zero-order valence-corrected chi connectivity index (χ0v) is 6.04. The highest BCUT2D eigenvalue weighted by Gasteiger charge is 2.31. The molecule has 7 heteroatoms. The molecule has 4 nitrogen and oxygen atoms in total. The van der Waals surface area contributed by atoms with Gasteiger partial charge in [-0.3, -0.25) is 0 Å². The number of alkyl halides is 3. The van der Waals surface area contributed by atoms with Crippen LogP contribution < -0.4 is 0 Å². The van der Waals surface area contributed by atoms with Gasteiger partial charge in [-0.1, -0.05) is 0 Å². The molecule has 0 saturated carbocycles. The Balaban J connectivity index is 3.01. The van der Waals surface area contributed by atoms with Crippen LogP contribution in [0.5, 0.6) is 0 Å². The lowest BCUT2D eigenvalue weighted by molar-refractivity contribution is -0.138. The summed E-state index contributed by atoms with van der Waals surface area (Å²) in [5, 5.41) is 8.27. The number of carbonyl (C=O) groups is 1. The Kier molecular flexibility index (Phi) is 2.18. The molecular weight excluding hydrogens is 189 g/mol. The molecule has 1 aromatic rings. The maximum absolute atomic E-state index is 11.9. The SMILES string of the molecule is O=C(O)c1ncc(C(F)(F)F)cn1. The van der Waals surface area contributed by atoms with Gasteiger partial charge in [0.15, 0.2) is 0 Å². The fourth-order valence-electron chi connectivity index (χ4n) is 0.585. The number of halogens is 3. The molecule has 70 valence electrons. The maximum atomic E-state index is 11.9. The molecule has 1 aromatic heterocycles. The van der Waals surface area contributed by atoms with Crippen LogP contribution in [0, 0.1) is 0 Å². The van der Waals surface area contributed by atoms with Crippen LogP contribution >= 0.6 is 0 Å². The first-order chi connectivity index (χ1) is 5.91. The summed E-state index contributed by atoms with van der Waals surface area (Å²) in [5.41, 5.74) is -1.07.